The topological polar surface area (TPSA) is 98.3 Å². The molecular weight excluding hydrogens is 214 g/mol. The Morgan fingerprint density at radius 1 is 1.56 bits per heavy atom. The molecule has 0 amide bonds. The number of nitrogens with zero attached hydrogens (tertiary/aromatic N) is 3. The molecule has 0 unspecified atom stereocenters. The van der Waals surface area contributed by atoms with Gasteiger partial charge in [-0.25, -0.2) is 0 Å². The lowest BCUT2D eigenvalue weighted by atomic mass is 10.3. The number of ether oxygens (including phenoxy) is 2. The molecule has 1 aromatic rings. The second-order valence-corrected chi connectivity index (χ2v) is 2.73. The Morgan fingerprint density at radius 3 is 2.88 bits per heavy atom. The summed E-state index contributed by atoms with van der Waals surface area (Å²) in [5.41, 5.74) is -0.106. The number of rotatable bonds is 5. The summed E-state index contributed by atoms with van der Waals surface area (Å²) >= 11 is 0. The predicted octanol–water partition coefficient (Wildman–Crippen LogP) is 0.887. The lowest BCUT2D eigenvalue weighted by Gasteiger charge is -2.04. The summed E-state index contributed by atoms with van der Waals surface area (Å²) in [7, 11) is 1.52. The lowest BCUT2D eigenvalue weighted by Crippen LogP contribution is -2.06. The third kappa shape index (κ3) is 2.90. The molecule has 0 radical (unpaired) electrons. The van der Waals surface area contributed by atoms with Crippen molar-refractivity contribution < 1.29 is 14.4 Å². The van der Waals surface area contributed by atoms with Crippen molar-refractivity contribution in [2.24, 2.45) is 0 Å². The first-order valence-electron chi connectivity index (χ1n) is 4.36. The molecule has 0 fully saturated rings. The van der Waals surface area contributed by atoms with Gasteiger partial charge in [0, 0.05) is 13.2 Å². The van der Waals surface area contributed by atoms with Crippen LogP contribution in [-0.2, 0) is 4.74 Å². The molecule has 1 aromatic heterocycles. The maximum absolute atomic E-state index is 10.4. The number of methoxy groups -OCH3 is 1. The van der Waals surface area contributed by atoms with Crippen molar-refractivity contribution in [1.82, 2.24) is 4.98 Å². The standard InChI is InChI=1S/C9H9N3O4/c1-15-4-5-16-8-2-3-9(12(13)14)11-7(8)6-10/h2-3H,4-5H2,1H3. The molecule has 84 valence electrons. The van der Waals surface area contributed by atoms with Crippen molar-refractivity contribution in [3.8, 4) is 11.8 Å². The van der Waals surface area contributed by atoms with Crippen LogP contribution in [0, 0.1) is 21.4 Å². The van der Waals surface area contributed by atoms with E-state index in [1.54, 1.807) is 6.07 Å². The number of nitriles is 1. The average molecular weight is 223 g/mol. The Bertz CT molecular complexity index is 427. The Labute approximate surface area is 91.4 Å². The van der Waals surface area contributed by atoms with Crippen LogP contribution in [0.15, 0.2) is 12.1 Å². The van der Waals surface area contributed by atoms with E-state index in [9.17, 15) is 10.1 Å². The number of aromatic nitrogens is 1. The summed E-state index contributed by atoms with van der Waals surface area (Å²) in [5.74, 6) is -0.166. The average Bonchev–Trinajstić information content (AvgIpc) is 2.29. The molecule has 1 rings (SSSR count). The van der Waals surface area contributed by atoms with Crippen LogP contribution in [0.2, 0.25) is 0 Å². The molecule has 16 heavy (non-hydrogen) atoms. The van der Waals surface area contributed by atoms with Crippen LogP contribution in [0.1, 0.15) is 5.69 Å². The van der Waals surface area contributed by atoms with Gasteiger partial charge in [-0.2, -0.15) is 5.26 Å². The van der Waals surface area contributed by atoms with Crippen LogP contribution in [0.25, 0.3) is 0 Å². The third-order valence-electron chi connectivity index (χ3n) is 1.68. The van der Waals surface area contributed by atoms with Crippen LogP contribution in [0.5, 0.6) is 5.75 Å². The van der Waals surface area contributed by atoms with Crippen LogP contribution in [0.3, 0.4) is 0 Å². The van der Waals surface area contributed by atoms with Gasteiger partial charge in [-0.05, 0) is 16.0 Å². The quantitative estimate of drug-likeness (QED) is 0.417. The lowest BCUT2D eigenvalue weighted by molar-refractivity contribution is -0.389. The normalized spacial score (nSPS) is 9.50. The van der Waals surface area contributed by atoms with E-state index < -0.39 is 4.92 Å². The minimum atomic E-state index is -0.667. The van der Waals surface area contributed by atoms with Gasteiger partial charge in [0.25, 0.3) is 5.69 Å². The van der Waals surface area contributed by atoms with Crippen molar-refractivity contribution >= 4 is 5.82 Å². The highest BCUT2D eigenvalue weighted by atomic mass is 16.6. The van der Waals surface area contributed by atoms with Gasteiger partial charge in [-0.15, -0.1) is 0 Å². The molecule has 0 saturated heterocycles. The Balaban J connectivity index is 2.86. The van der Waals surface area contributed by atoms with Crippen molar-refractivity contribution in [2.75, 3.05) is 20.3 Å². The third-order valence-corrected chi connectivity index (χ3v) is 1.68. The zero-order valence-electron chi connectivity index (χ0n) is 8.54. The molecule has 0 spiro atoms. The summed E-state index contributed by atoms with van der Waals surface area (Å²) in [6.45, 7) is 0.618. The van der Waals surface area contributed by atoms with Crippen LogP contribution in [-0.4, -0.2) is 30.2 Å². The van der Waals surface area contributed by atoms with E-state index in [1.807, 2.05) is 0 Å². The first kappa shape index (κ1) is 11.9. The van der Waals surface area contributed by atoms with Gasteiger partial charge < -0.3 is 19.6 Å². The van der Waals surface area contributed by atoms with Crippen LogP contribution < -0.4 is 4.74 Å². The molecular formula is C9H9N3O4. The summed E-state index contributed by atoms with van der Waals surface area (Å²) in [5, 5.41) is 19.1. The smallest absolute Gasteiger partial charge is 0.365 e. The van der Waals surface area contributed by atoms with Crippen LogP contribution in [0.4, 0.5) is 5.82 Å². The van der Waals surface area contributed by atoms with Crippen molar-refractivity contribution in [1.29, 1.82) is 5.26 Å². The minimum absolute atomic E-state index is 0.106. The highest BCUT2D eigenvalue weighted by Gasteiger charge is 2.15. The van der Waals surface area contributed by atoms with Gasteiger partial charge in [0.05, 0.1) is 6.61 Å². The minimum Gasteiger partial charge on any atom is -0.486 e. The highest BCUT2D eigenvalue weighted by molar-refractivity contribution is 5.41. The largest absolute Gasteiger partial charge is 0.486 e. The van der Waals surface area contributed by atoms with E-state index in [4.69, 9.17) is 14.7 Å². The van der Waals surface area contributed by atoms with E-state index in [2.05, 4.69) is 4.98 Å². The molecule has 0 atom stereocenters. The van der Waals surface area contributed by atoms with E-state index in [-0.39, 0.29) is 23.9 Å². The van der Waals surface area contributed by atoms with E-state index in [0.29, 0.717) is 6.61 Å². The molecule has 0 N–H and O–H groups in total. The summed E-state index contributed by atoms with van der Waals surface area (Å²) in [6, 6.07) is 4.27. The Morgan fingerprint density at radius 2 is 2.31 bits per heavy atom. The molecule has 0 aliphatic rings. The summed E-state index contributed by atoms with van der Waals surface area (Å²) < 4.78 is 9.93. The first-order chi connectivity index (χ1) is 7.69. The maximum Gasteiger partial charge on any atom is 0.365 e. The summed E-state index contributed by atoms with van der Waals surface area (Å²) in [6.07, 6.45) is 0. The van der Waals surface area contributed by atoms with Gasteiger partial charge >= 0.3 is 5.82 Å². The molecule has 0 bridgehead atoms. The fourth-order valence-electron chi connectivity index (χ4n) is 0.969. The fraction of sp³-hybridized carbons (Fsp3) is 0.333. The zero-order chi connectivity index (χ0) is 12.0. The first-order valence-corrected chi connectivity index (χ1v) is 4.36. The molecule has 0 aliphatic heterocycles. The van der Waals surface area contributed by atoms with Gasteiger partial charge in [-0.1, -0.05) is 0 Å². The molecule has 7 nitrogen and oxygen atoms in total. The molecule has 0 aromatic carbocycles. The highest BCUT2D eigenvalue weighted by Crippen LogP contribution is 2.19. The fourth-order valence-corrected chi connectivity index (χ4v) is 0.969. The van der Waals surface area contributed by atoms with Crippen molar-refractivity contribution in [3.63, 3.8) is 0 Å². The van der Waals surface area contributed by atoms with E-state index in [1.165, 1.54) is 19.2 Å². The molecule has 0 saturated carbocycles. The van der Waals surface area contributed by atoms with Crippen molar-refractivity contribution in [3.05, 3.63) is 27.9 Å². The molecule has 1 heterocycles. The van der Waals surface area contributed by atoms with Gasteiger partial charge in [0.1, 0.15) is 6.61 Å². The summed E-state index contributed by atoms with van der Waals surface area (Å²) in [4.78, 5) is 13.3. The second-order valence-electron chi connectivity index (χ2n) is 2.73. The van der Waals surface area contributed by atoms with Gasteiger partial charge in [0.2, 0.25) is 0 Å². The molecule has 7 heteroatoms. The predicted molar refractivity (Wildman–Crippen MR) is 53.0 cm³/mol. The van der Waals surface area contributed by atoms with E-state index >= 15 is 0 Å². The Kier molecular flexibility index (Phi) is 4.17. The van der Waals surface area contributed by atoms with Gasteiger partial charge in [-0.3, -0.25) is 0 Å². The number of pyridine rings is 1. The van der Waals surface area contributed by atoms with E-state index in [0.717, 1.165) is 0 Å². The van der Waals surface area contributed by atoms with Crippen molar-refractivity contribution in [2.45, 2.75) is 0 Å². The van der Waals surface area contributed by atoms with Gasteiger partial charge in [0.15, 0.2) is 11.8 Å². The maximum atomic E-state index is 10.4. The second kappa shape index (κ2) is 5.63. The Hall–Kier alpha value is -2.20. The number of hydrogen-bond donors (Lipinski definition) is 0. The van der Waals surface area contributed by atoms with Crippen LogP contribution >= 0.6 is 0 Å². The number of hydrogen-bond acceptors (Lipinski definition) is 6. The zero-order valence-corrected chi connectivity index (χ0v) is 8.54. The SMILES string of the molecule is COCCOc1ccc([N+](=O)[O-])nc1C#N. The molecule has 0 aliphatic carbocycles. The number of nitro groups is 1. The monoisotopic (exact) mass is 223 g/mol.